The number of benzene rings is 1. The molecule has 1 aromatic carbocycles. The minimum atomic E-state index is -0.0148. The van der Waals surface area contributed by atoms with E-state index in [0.29, 0.717) is 0 Å². The number of hydrogen-bond donors (Lipinski definition) is 0. The Kier molecular flexibility index (Phi) is 5.40. The van der Waals surface area contributed by atoms with Crippen LogP contribution in [0.2, 0.25) is 0 Å². The molecular formula is C19H21NO. The van der Waals surface area contributed by atoms with E-state index in [4.69, 9.17) is 0 Å². The molecule has 2 aromatic rings. The van der Waals surface area contributed by atoms with Crippen LogP contribution in [0.5, 0.6) is 0 Å². The number of nitrogens with zero attached hydrogens (tertiary/aromatic N) is 1. The molecule has 0 atom stereocenters. The standard InChI is InChI=1S/C19H21NO/c1-3-4-5-6-7-8-17-10-12-18(13-11-17)20-15-16(2)9-14-19(20)21/h9-15H,3-6H2,1-2H3. The monoisotopic (exact) mass is 279 g/mol. The lowest BCUT2D eigenvalue weighted by Crippen LogP contribution is -2.16. The van der Waals surface area contributed by atoms with E-state index in [0.717, 1.165) is 23.2 Å². The van der Waals surface area contributed by atoms with E-state index in [2.05, 4.69) is 18.8 Å². The summed E-state index contributed by atoms with van der Waals surface area (Å²) in [5.41, 5.74) is 2.92. The first kappa shape index (κ1) is 15.1. The fourth-order valence-corrected chi connectivity index (χ4v) is 2.13. The second-order valence-electron chi connectivity index (χ2n) is 5.22. The molecule has 2 rings (SSSR count). The van der Waals surface area contributed by atoms with Gasteiger partial charge in [-0.25, -0.2) is 0 Å². The zero-order chi connectivity index (χ0) is 15.1. The minimum Gasteiger partial charge on any atom is -0.284 e. The van der Waals surface area contributed by atoms with Gasteiger partial charge in [-0.1, -0.05) is 37.7 Å². The van der Waals surface area contributed by atoms with Gasteiger partial charge in [0.15, 0.2) is 0 Å². The van der Waals surface area contributed by atoms with Gasteiger partial charge in [-0.15, -0.1) is 0 Å². The molecule has 0 unspecified atom stereocenters. The molecule has 0 amide bonds. The summed E-state index contributed by atoms with van der Waals surface area (Å²) in [6.07, 6.45) is 6.44. The lowest BCUT2D eigenvalue weighted by atomic mass is 10.1. The van der Waals surface area contributed by atoms with E-state index in [-0.39, 0.29) is 5.56 Å². The third-order valence-corrected chi connectivity index (χ3v) is 3.34. The first-order valence-corrected chi connectivity index (χ1v) is 7.49. The van der Waals surface area contributed by atoms with Gasteiger partial charge in [0, 0.05) is 29.9 Å². The van der Waals surface area contributed by atoms with Gasteiger partial charge in [0.1, 0.15) is 0 Å². The number of aromatic nitrogens is 1. The van der Waals surface area contributed by atoms with Crippen LogP contribution in [-0.2, 0) is 0 Å². The van der Waals surface area contributed by atoms with Crippen molar-refractivity contribution in [1.29, 1.82) is 0 Å². The number of aryl methyl sites for hydroxylation is 1. The van der Waals surface area contributed by atoms with E-state index in [1.807, 2.05) is 43.5 Å². The quantitative estimate of drug-likeness (QED) is 0.610. The molecule has 0 saturated carbocycles. The van der Waals surface area contributed by atoms with Crippen LogP contribution in [0.4, 0.5) is 0 Å². The Hall–Kier alpha value is -2.27. The Bertz CT molecular complexity index is 699. The Morgan fingerprint density at radius 2 is 1.81 bits per heavy atom. The van der Waals surface area contributed by atoms with Crippen molar-refractivity contribution in [2.75, 3.05) is 0 Å². The van der Waals surface area contributed by atoms with Crippen LogP contribution in [0.25, 0.3) is 5.69 Å². The molecule has 0 aliphatic carbocycles. The topological polar surface area (TPSA) is 22.0 Å². The fourth-order valence-electron chi connectivity index (χ4n) is 2.13. The van der Waals surface area contributed by atoms with Crippen molar-refractivity contribution in [3.63, 3.8) is 0 Å². The number of hydrogen-bond acceptors (Lipinski definition) is 1. The second kappa shape index (κ2) is 7.50. The lowest BCUT2D eigenvalue weighted by molar-refractivity contribution is 0.737. The molecule has 0 N–H and O–H groups in total. The summed E-state index contributed by atoms with van der Waals surface area (Å²) < 4.78 is 1.66. The Labute approximate surface area is 126 Å². The van der Waals surface area contributed by atoms with Crippen LogP contribution >= 0.6 is 0 Å². The van der Waals surface area contributed by atoms with Crippen LogP contribution in [0.3, 0.4) is 0 Å². The summed E-state index contributed by atoms with van der Waals surface area (Å²) in [4.78, 5) is 11.9. The highest BCUT2D eigenvalue weighted by atomic mass is 16.1. The average molecular weight is 279 g/mol. The third-order valence-electron chi connectivity index (χ3n) is 3.34. The average Bonchev–Trinajstić information content (AvgIpc) is 2.50. The van der Waals surface area contributed by atoms with Crippen molar-refractivity contribution in [1.82, 2.24) is 4.57 Å². The molecular weight excluding hydrogens is 258 g/mol. The third kappa shape index (κ3) is 4.36. The van der Waals surface area contributed by atoms with Gasteiger partial charge < -0.3 is 0 Å². The number of pyridine rings is 1. The number of rotatable bonds is 4. The van der Waals surface area contributed by atoms with Crippen LogP contribution in [0.15, 0.2) is 47.4 Å². The molecule has 1 aromatic heterocycles. The van der Waals surface area contributed by atoms with Crippen molar-refractivity contribution in [2.24, 2.45) is 0 Å². The molecule has 0 aliphatic heterocycles. The Balaban J connectivity index is 2.12. The van der Waals surface area contributed by atoms with E-state index < -0.39 is 0 Å². The van der Waals surface area contributed by atoms with Crippen molar-refractivity contribution in [3.8, 4) is 17.5 Å². The molecule has 0 aliphatic rings. The fraction of sp³-hybridized carbons (Fsp3) is 0.316. The molecule has 0 bridgehead atoms. The molecule has 2 nitrogen and oxygen atoms in total. The maximum absolute atomic E-state index is 11.9. The lowest BCUT2D eigenvalue weighted by Gasteiger charge is -2.06. The summed E-state index contributed by atoms with van der Waals surface area (Å²) in [5, 5.41) is 0. The van der Waals surface area contributed by atoms with Crippen molar-refractivity contribution in [2.45, 2.75) is 39.5 Å². The molecule has 0 saturated heterocycles. The highest BCUT2D eigenvalue weighted by Gasteiger charge is 1.99. The summed E-state index contributed by atoms with van der Waals surface area (Å²) in [7, 11) is 0. The van der Waals surface area contributed by atoms with Gasteiger partial charge >= 0.3 is 0 Å². The van der Waals surface area contributed by atoms with Crippen molar-refractivity contribution < 1.29 is 0 Å². The van der Waals surface area contributed by atoms with Crippen molar-refractivity contribution >= 4 is 0 Å². The Morgan fingerprint density at radius 1 is 1.05 bits per heavy atom. The van der Waals surface area contributed by atoms with E-state index >= 15 is 0 Å². The molecule has 0 spiro atoms. The second-order valence-corrected chi connectivity index (χ2v) is 5.22. The normalized spacial score (nSPS) is 10.0. The highest BCUT2D eigenvalue weighted by Crippen LogP contribution is 2.08. The summed E-state index contributed by atoms with van der Waals surface area (Å²) in [6, 6.07) is 11.2. The summed E-state index contributed by atoms with van der Waals surface area (Å²) in [6.45, 7) is 4.17. The first-order valence-electron chi connectivity index (χ1n) is 7.49. The van der Waals surface area contributed by atoms with E-state index in [1.165, 1.54) is 19.3 Å². The molecule has 21 heavy (non-hydrogen) atoms. The van der Waals surface area contributed by atoms with Gasteiger partial charge in [-0.3, -0.25) is 9.36 Å². The van der Waals surface area contributed by atoms with Crippen LogP contribution in [0, 0.1) is 18.8 Å². The van der Waals surface area contributed by atoms with Crippen LogP contribution < -0.4 is 5.56 Å². The largest absolute Gasteiger partial charge is 0.284 e. The van der Waals surface area contributed by atoms with E-state index in [9.17, 15) is 4.79 Å². The molecule has 0 fully saturated rings. The summed E-state index contributed by atoms with van der Waals surface area (Å²) in [5.74, 6) is 6.37. The molecule has 1 heterocycles. The molecule has 0 radical (unpaired) electrons. The zero-order valence-electron chi connectivity index (χ0n) is 12.7. The molecule has 2 heteroatoms. The SMILES string of the molecule is CCCCCC#Cc1ccc(-n2cc(C)ccc2=O)cc1. The van der Waals surface area contributed by atoms with Gasteiger partial charge in [-0.2, -0.15) is 0 Å². The van der Waals surface area contributed by atoms with Crippen molar-refractivity contribution in [3.05, 3.63) is 64.1 Å². The van der Waals surface area contributed by atoms with Gasteiger partial charge in [-0.05, 0) is 43.2 Å². The highest BCUT2D eigenvalue weighted by molar-refractivity contribution is 5.42. The maximum atomic E-state index is 11.9. The summed E-state index contributed by atoms with van der Waals surface area (Å²) >= 11 is 0. The van der Waals surface area contributed by atoms with Crippen LogP contribution in [-0.4, -0.2) is 4.57 Å². The van der Waals surface area contributed by atoms with Gasteiger partial charge in [0.25, 0.3) is 5.56 Å². The van der Waals surface area contributed by atoms with E-state index in [1.54, 1.807) is 10.6 Å². The predicted molar refractivity (Wildman–Crippen MR) is 87.8 cm³/mol. The predicted octanol–water partition coefficient (Wildman–Crippen LogP) is 4.08. The maximum Gasteiger partial charge on any atom is 0.255 e. The van der Waals surface area contributed by atoms with Gasteiger partial charge in [0.2, 0.25) is 0 Å². The van der Waals surface area contributed by atoms with Gasteiger partial charge in [0.05, 0.1) is 0 Å². The smallest absolute Gasteiger partial charge is 0.255 e. The number of unbranched alkanes of at least 4 members (excludes halogenated alkanes) is 3. The zero-order valence-corrected chi connectivity index (χ0v) is 12.7. The molecule has 108 valence electrons. The van der Waals surface area contributed by atoms with Crippen LogP contribution in [0.1, 0.15) is 43.7 Å². The Morgan fingerprint density at radius 3 is 2.52 bits per heavy atom. The first-order chi connectivity index (χ1) is 10.2. The minimum absolute atomic E-state index is 0.0148.